The van der Waals surface area contributed by atoms with E-state index in [0.29, 0.717) is 37.3 Å². The second kappa shape index (κ2) is 7.67. The van der Waals surface area contributed by atoms with Crippen LogP contribution in [0.4, 0.5) is 10.5 Å². The Morgan fingerprint density at radius 2 is 1.76 bits per heavy atom. The minimum absolute atomic E-state index is 0.125. The summed E-state index contributed by atoms with van der Waals surface area (Å²) in [5.41, 5.74) is -0.444. The van der Waals surface area contributed by atoms with Crippen LogP contribution in [0.2, 0.25) is 0 Å². The Kier molecular flexibility index (Phi) is 5.58. The highest BCUT2D eigenvalue weighted by Gasteiger charge is 2.57. The summed E-state index contributed by atoms with van der Waals surface area (Å²) in [5, 5.41) is 0. The number of ether oxygens (including phenoxy) is 3. The number of anilines is 1. The number of likely N-dealkylation sites (tertiary alicyclic amines) is 1. The average molecular weight is 404 g/mol. The van der Waals surface area contributed by atoms with Crippen molar-refractivity contribution in [3.63, 3.8) is 0 Å². The first kappa shape index (κ1) is 21.1. The molecular formula is C21H28N2O6. The Morgan fingerprint density at radius 1 is 1.10 bits per heavy atom. The zero-order valence-corrected chi connectivity index (χ0v) is 17.6. The molecule has 0 radical (unpaired) electrons. The Bertz CT molecular complexity index is 800. The molecule has 2 atom stereocenters. The maximum Gasteiger partial charge on any atom is 0.410 e. The lowest BCUT2D eigenvalue weighted by molar-refractivity contribution is -0.146. The van der Waals surface area contributed by atoms with E-state index in [9.17, 15) is 14.4 Å². The van der Waals surface area contributed by atoms with E-state index in [1.807, 2.05) is 20.8 Å². The number of esters is 1. The number of benzene rings is 1. The molecule has 2 amide bonds. The van der Waals surface area contributed by atoms with Gasteiger partial charge in [-0.2, -0.15) is 0 Å². The number of hydrogen-bond acceptors (Lipinski definition) is 6. The second-order valence-corrected chi connectivity index (χ2v) is 8.42. The fourth-order valence-electron chi connectivity index (χ4n) is 3.99. The molecule has 3 rings (SSSR count). The van der Waals surface area contributed by atoms with Crippen molar-refractivity contribution in [1.29, 1.82) is 0 Å². The highest BCUT2D eigenvalue weighted by molar-refractivity contribution is 6.03. The topological polar surface area (TPSA) is 85.4 Å². The van der Waals surface area contributed by atoms with Crippen molar-refractivity contribution < 1.29 is 28.6 Å². The average Bonchev–Trinajstić information content (AvgIpc) is 2.98. The van der Waals surface area contributed by atoms with Crippen molar-refractivity contribution in [3.05, 3.63) is 29.8 Å². The largest absolute Gasteiger partial charge is 0.465 e. The minimum atomic E-state index is -0.959. The van der Waals surface area contributed by atoms with E-state index < -0.39 is 17.2 Å². The molecule has 2 saturated heterocycles. The van der Waals surface area contributed by atoms with E-state index in [4.69, 9.17) is 14.2 Å². The van der Waals surface area contributed by atoms with Gasteiger partial charge in [-0.1, -0.05) is 0 Å². The molecule has 1 aromatic carbocycles. The van der Waals surface area contributed by atoms with E-state index in [0.717, 1.165) is 0 Å². The van der Waals surface area contributed by atoms with Gasteiger partial charge >= 0.3 is 12.1 Å². The highest BCUT2D eigenvalue weighted by atomic mass is 16.6. The molecular weight excluding hydrogens is 376 g/mol. The predicted octanol–water partition coefficient (Wildman–Crippen LogP) is 2.46. The first-order valence-electron chi connectivity index (χ1n) is 9.64. The fraction of sp³-hybridized carbons (Fsp3) is 0.571. The van der Waals surface area contributed by atoms with Crippen LogP contribution < -0.4 is 4.90 Å². The Balaban J connectivity index is 1.79. The molecule has 2 heterocycles. The fourth-order valence-corrected chi connectivity index (χ4v) is 3.99. The number of carbonyl (C=O) groups is 3. The first-order valence-corrected chi connectivity index (χ1v) is 9.64. The maximum absolute atomic E-state index is 13.2. The van der Waals surface area contributed by atoms with Crippen LogP contribution in [0.5, 0.6) is 0 Å². The molecule has 0 unspecified atom stereocenters. The molecule has 2 aliphatic heterocycles. The molecule has 8 heteroatoms. The maximum atomic E-state index is 13.2. The number of methoxy groups -OCH3 is 2. The molecule has 1 aromatic rings. The van der Waals surface area contributed by atoms with Crippen LogP contribution in [0.15, 0.2) is 24.3 Å². The van der Waals surface area contributed by atoms with E-state index in [2.05, 4.69) is 0 Å². The van der Waals surface area contributed by atoms with Crippen molar-refractivity contribution in [2.75, 3.05) is 38.8 Å². The van der Waals surface area contributed by atoms with Gasteiger partial charge in [-0.25, -0.2) is 9.59 Å². The minimum Gasteiger partial charge on any atom is -0.465 e. The summed E-state index contributed by atoms with van der Waals surface area (Å²) in [6.45, 7) is 6.67. The smallest absolute Gasteiger partial charge is 0.410 e. The third-order valence-corrected chi connectivity index (χ3v) is 5.48. The van der Waals surface area contributed by atoms with Gasteiger partial charge in [-0.15, -0.1) is 0 Å². The summed E-state index contributed by atoms with van der Waals surface area (Å²) in [6.07, 6.45) is 0.0266. The quantitative estimate of drug-likeness (QED) is 0.720. The van der Waals surface area contributed by atoms with Crippen LogP contribution in [-0.2, 0) is 19.0 Å². The summed E-state index contributed by atoms with van der Waals surface area (Å²) in [4.78, 5) is 40.7. The molecule has 0 spiro atoms. The normalized spacial score (nSPS) is 24.3. The Labute approximate surface area is 170 Å². The monoisotopic (exact) mass is 404 g/mol. The van der Waals surface area contributed by atoms with Crippen LogP contribution >= 0.6 is 0 Å². The molecule has 0 bridgehead atoms. The lowest BCUT2D eigenvalue weighted by Crippen LogP contribution is -2.56. The summed E-state index contributed by atoms with van der Waals surface area (Å²) >= 11 is 0. The Morgan fingerprint density at radius 3 is 2.31 bits per heavy atom. The van der Waals surface area contributed by atoms with Crippen LogP contribution in [0.3, 0.4) is 0 Å². The SMILES string of the molecule is COC(=O)c1ccc(N2C[C@@H]3CN(C(=O)OC(C)(C)C)CC[C@]3(OC)C2=O)cc1. The summed E-state index contributed by atoms with van der Waals surface area (Å²) < 4.78 is 15.9. The molecule has 0 aliphatic carbocycles. The van der Waals surface area contributed by atoms with Crippen LogP contribution in [0, 0.1) is 5.92 Å². The molecule has 158 valence electrons. The van der Waals surface area contributed by atoms with Gasteiger partial charge in [0.25, 0.3) is 5.91 Å². The molecule has 0 N–H and O–H groups in total. The van der Waals surface area contributed by atoms with E-state index >= 15 is 0 Å². The van der Waals surface area contributed by atoms with E-state index in [-0.39, 0.29) is 17.9 Å². The van der Waals surface area contributed by atoms with Gasteiger partial charge in [0, 0.05) is 44.8 Å². The number of carbonyl (C=O) groups excluding carboxylic acids is 3. The van der Waals surface area contributed by atoms with Crippen molar-refractivity contribution in [2.24, 2.45) is 5.92 Å². The molecule has 0 saturated carbocycles. The standard InChI is InChI=1S/C21H28N2O6/c1-20(2,3)29-19(26)22-11-10-21(28-5)15(12-22)13-23(18(21)25)16-8-6-14(7-9-16)17(24)27-4/h6-9,15H,10-13H2,1-5H3/t15-,21+/m0/s1. The van der Waals surface area contributed by atoms with Crippen LogP contribution in [0.25, 0.3) is 0 Å². The lowest BCUT2D eigenvalue weighted by Gasteiger charge is -2.41. The third-order valence-electron chi connectivity index (χ3n) is 5.48. The van der Waals surface area contributed by atoms with Crippen molar-refractivity contribution >= 4 is 23.7 Å². The van der Waals surface area contributed by atoms with Gasteiger partial charge in [0.05, 0.1) is 12.7 Å². The first-order chi connectivity index (χ1) is 13.6. The van der Waals surface area contributed by atoms with Gasteiger partial charge in [0.2, 0.25) is 0 Å². The molecule has 2 aliphatic rings. The lowest BCUT2D eigenvalue weighted by atomic mass is 9.83. The Hall–Kier alpha value is -2.61. The summed E-state index contributed by atoms with van der Waals surface area (Å²) in [7, 11) is 2.86. The van der Waals surface area contributed by atoms with Gasteiger partial charge in [0.1, 0.15) is 5.60 Å². The third kappa shape index (κ3) is 3.94. The van der Waals surface area contributed by atoms with E-state index in [1.54, 1.807) is 34.1 Å². The molecule has 8 nitrogen and oxygen atoms in total. The van der Waals surface area contributed by atoms with E-state index in [1.165, 1.54) is 14.2 Å². The second-order valence-electron chi connectivity index (χ2n) is 8.42. The van der Waals surface area contributed by atoms with Crippen LogP contribution in [0.1, 0.15) is 37.6 Å². The number of hydrogen-bond donors (Lipinski definition) is 0. The van der Waals surface area contributed by atoms with Crippen molar-refractivity contribution in [1.82, 2.24) is 4.90 Å². The van der Waals surface area contributed by atoms with Gasteiger partial charge < -0.3 is 24.0 Å². The zero-order valence-electron chi connectivity index (χ0n) is 17.6. The number of fused-ring (bicyclic) bond motifs is 1. The summed E-state index contributed by atoms with van der Waals surface area (Å²) in [5.74, 6) is -0.736. The predicted molar refractivity (Wildman–Crippen MR) is 106 cm³/mol. The molecule has 0 aromatic heterocycles. The van der Waals surface area contributed by atoms with Crippen molar-refractivity contribution in [3.8, 4) is 0 Å². The summed E-state index contributed by atoms with van der Waals surface area (Å²) in [6, 6.07) is 6.69. The highest BCUT2D eigenvalue weighted by Crippen LogP contribution is 2.41. The van der Waals surface area contributed by atoms with Crippen LogP contribution in [-0.4, -0.2) is 67.9 Å². The zero-order chi connectivity index (χ0) is 21.4. The number of nitrogens with zero attached hydrogens (tertiary/aromatic N) is 2. The molecule has 2 fully saturated rings. The number of piperidine rings is 1. The molecule has 29 heavy (non-hydrogen) atoms. The number of amides is 2. The van der Waals surface area contributed by atoms with Gasteiger partial charge in [-0.05, 0) is 45.0 Å². The van der Waals surface area contributed by atoms with Crippen molar-refractivity contribution in [2.45, 2.75) is 38.4 Å². The van der Waals surface area contributed by atoms with Gasteiger partial charge in [0.15, 0.2) is 5.60 Å². The van der Waals surface area contributed by atoms with Gasteiger partial charge in [-0.3, -0.25) is 4.79 Å². The number of rotatable bonds is 3.